The fourth-order valence-corrected chi connectivity index (χ4v) is 2.19. The van der Waals surface area contributed by atoms with E-state index in [1.54, 1.807) is 18.2 Å². The van der Waals surface area contributed by atoms with Crippen LogP contribution in [0.3, 0.4) is 0 Å². The third-order valence-corrected chi connectivity index (χ3v) is 3.59. The van der Waals surface area contributed by atoms with E-state index in [0.29, 0.717) is 11.4 Å². The Morgan fingerprint density at radius 3 is 2.25 bits per heavy atom. The van der Waals surface area contributed by atoms with Crippen LogP contribution in [0, 0.1) is 0 Å². The Bertz CT molecular complexity index is 873. The maximum Gasteiger partial charge on any atom is 0.416 e. The van der Waals surface area contributed by atoms with E-state index in [4.69, 9.17) is 12.2 Å². The van der Waals surface area contributed by atoms with Gasteiger partial charge in [0, 0.05) is 5.69 Å². The first-order chi connectivity index (χ1) is 13.2. The van der Waals surface area contributed by atoms with Gasteiger partial charge in [0.25, 0.3) is 5.91 Å². The fraction of sp³-hybridized carbons (Fsp3) is 0.118. The second kappa shape index (κ2) is 9.04. The Morgan fingerprint density at radius 1 is 1.00 bits per heavy atom. The second-order valence-electron chi connectivity index (χ2n) is 5.38. The number of hydrogen-bond acceptors (Lipinski definition) is 5. The van der Waals surface area contributed by atoms with Gasteiger partial charge >= 0.3 is 6.18 Å². The molecule has 0 unspecified atom stereocenters. The highest BCUT2D eigenvalue weighted by Crippen LogP contribution is 2.30. The molecule has 2 rings (SSSR count). The zero-order valence-electron chi connectivity index (χ0n) is 14.1. The highest BCUT2D eigenvalue weighted by molar-refractivity contribution is 7.80. The van der Waals surface area contributed by atoms with Crippen LogP contribution in [0.15, 0.2) is 48.5 Å². The molecule has 2 aromatic rings. The fourth-order valence-electron chi connectivity index (χ4n) is 2.07. The number of anilines is 2. The van der Waals surface area contributed by atoms with Crippen LogP contribution in [0.2, 0.25) is 0 Å². The molecule has 0 spiro atoms. The molecule has 0 radical (unpaired) electrons. The summed E-state index contributed by atoms with van der Waals surface area (Å²) < 4.78 is 37.9. The lowest BCUT2D eigenvalue weighted by Crippen LogP contribution is -2.49. The number of nitrogens with one attached hydrogen (secondary N) is 4. The molecular weight excluding hydrogens is 397 g/mol. The van der Waals surface area contributed by atoms with Crippen molar-refractivity contribution in [3.8, 4) is 0 Å². The Morgan fingerprint density at radius 2 is 1.64 bits per heavy atom. The number of hydrazine groups is 1. The molecule has 0 fully saturated rings. The smallest absolute Gasteiger partial charge is 0.416 e. The number of carbonyl (C=O) groups excluding carboxylic acids is 2. The number of carbonyl (C=O) groups is 2. The van der Waals surface area contributed by atoms with E-state index >= 15 is 0 Å². The summed E-state index contributed by atoms with van der Waals surface area (Å²) in [6.45, 7) is -0.534. The van der Waals surface area contributed by atoms with Crippen molar-refractivity contribution >= 4 is 40.6 Å². The largest absolute Gasteiger partial charge is 0.548 e. The second-order valence-corrected chi connectivity index (χ2v) is 5.79. The van der Waals surface area contributed by atoms with E-state index in [9.17, 15) is 27.9 Å². The van der Waals surface area contributed by atoms with Crippen molar-refractivity contribution in [2.24, 2.45) is 0 Å². The molecule has 28 heavy (non-hydrogen) atoms. The van der Waals surface area contributed by atoms with E-state index in [1.165, 1.54) is 18.2 Å². The van der Waals surface area contributed by atoms with Crippen LogP contribution in [-0.4, -0.2) is 23.5 Å². The summed E-state index contributed by atoms with van der Waals surface area (Å²) >= 11 is 4.79. The molecule has 0 aliphatic carbocycles. The SMILES string of the molecule is O=C([O-])CNC(=S)NNC(=O)c1ccccc1Nc1ccc(C(F)(F)F)cc1. The van der Waals surface area contributed by atoms with Crippen LogP contribution in [0.5, 0.6) is 0 Å². The van der Waals surface area contributed by atoms with Crippen LogP contribution in [0.4, 0.5) is 24.5 Å². The molecule has 0 saturated heterocycles. The molecule has 148 valence electrons. The molecule has 4 N–H and O–H groups in total. The Hall–Kier alpha value is -3.34. The summed E-state index contributed by atoms with van der Waals surface area (Å²) in [6.07, 6.45) is -4.44. The number of carboxylic acid groups (broad SMARTS) is 1. The van der Waals surface area contributed by atoms with Gasteiger partial charge in [0.05, 0.1) is 29.3 Å². The zero-order chi connectivity index (χ0) is 20.7. The lowest BCUT2D eigenvalue weighted by molar-refractivity contribution is -0.303. The van der Waals surface area contributed by atoms with E-state index in [0.717, 1.165) is 12.1 Å². The lowest BCUT2D eigenvalue weighted by Gasteiger charge is -2.15. The van der Waals surface area contributed by atoms with Gasteiger partial charge in [-0.3, -0.25) is 15.6 Å². The number of carboxylic acids is 1. The molecular formula is C17H14F3N4O3S-. The van der Waals surface area contributed by atoms with Gasteiger partial charge in [-0.1, -0.05) is 12.1 Å². The average molecular weight is 411 g/mol. The number of thiocarbonyl (C=S) groups is 1. The molecule has 2 aromatic carbocycles. The number of para-hydroxylation sites is 1. The number of benzene rings is 2. The standard InChI is InChI=1S/C17H15F3N4O3S/c18-17(19,20)10-5-7-11(8-6-10)22-13-4-2-1-3-12(13)15(27)23-24-16(28)21-9-14(25)26/h1-8,22H,9H2,(H,23,27)(H,25,26)(H2,21,24,28)/p-1. The average Bonchev–Trinajstić information content (AvgIpc) is 2.64. The monoisotopic (exact) mass is 411 g/mol. The number of hydrogen-bond donors (Lipinski definition) is 4. The first-order valence-electron chi connectivity index (χ1n) is 7.74. The van der Waals surface area contributed by atoms with Gasteiger partial charge in [-0.15, -0.1) is 0 Å². The molecule has 0 heterocycles. The molecule has 0 atom stereocenters. The van der Waals surface area contributed by atoms with Crippen LogP contribution >= 0.6 is 12.2 Å². The van der Waals surface area contributed by atoms with Crippen LogP contribution in [0.1, 0.15) is 15.9 Å². The van der Waals surface area contributed by atoms with Gasteiger partial charge in [0.15, 0.2) is 5.11 Å². The Balaban J connectivity index is 2.05. The van der Waals surface area contributed by atoms with Gasteiger partial charge in [-0.05, 0) is 48.6 Å². The molecule has 0 aromatic heterocycles. The quantitative estimate of drug-likeness (QED) is 0.434. The van der Waals surface area contributed by atoms with Crippen molar-refractivity contribution < 1.29 is 27.9 Å². The van der Waals surface area contributed by atoms with Gasteiger partial charge in [-0.2, -0.15) is 13.2 Å². The number of alkyl halides is 3. The Kier molecular flexibility index (Phi) is 6.77. The van der Waals surface area contributed by atoms with Crippen molar-refractivity contribution in [1.82, 2.24) is 16.2 Å². The minimum absolute atomic E-state index is 0.134. The topological polar surface area (TPSA) is 105 Å². The van der Waals surface area contributed by atoms with Gasteiger partial charge in [0.2, 0.25) is 0 Å². The van der Waals surface area contributed by atoms with Crippen LogP contribution < -0.4 is 26.6 Å². The molecule has 0 aliphatic heterocycles. The number of aliphatic carboxylic acids is 1. The maximum atomic E-state index is 12.6. The zero-order valence-corrected chi connectivity index (χ0v) is 14.9. The molecule has 7 nitrogen and oxygen atoms in total. The van der Waals surface area contributed by atoms with Crippen molar-refractivity contribution in [2.45, 2.75) is 6.18 Å². The summed E-state index contributed by atoms with van der Waals surface area (Å²) in [5.41, 5.74) is 4.70. The molecule has 11 heteroatoms. The summed E-state index contributed by atoms with van der Waals surface area (Å²) in [7, 11) is 0. The van der Waals surface area contributed by atoms with E-state index in [1.807, 2.05) is 0 Å². The summed E-state index contributed by atoms with van der Waals surface area (Å²) in [4.78, 5) is 22.6. The minimum Gasteiger partial charge on any atom is -0.548 e. The molecule has 1 amide bonds. The van der Waals surface area contributed by atoms with E-state index in [2.05, 4.69) is 21.5 Å². The number of amides is 1. The van der Waals surface area contributed by atoms with Crippen LogP contribution in [0.25, 0.3) is 0 Å². The van der Waals surface area contributed by atoms with E-state index < -0.39 is 30.2 Å². The van der Waals surface area contributed by atoms with E-state index in [-0.39, 0.29) is 10.7 Å². The van der Waals surface area contributed by atoms with Gasteiger partial charge in [-0.25, -0.2) is 0 Å². The maximum absolute atomic E-state index is 12.6. The molecule has 0 saturated carbocycles. The van der Waals surface area contributed by atoms with Gasteiger partial charge in [0.1, 0.15) is 0 Å². The predicted octanol–water partition coefficient (Wildman–Crippen LogP) is 1.31. The lowest BCUT2D eigenvalue weighted by atomic mass is 10.1. The summed E-state index contributed by atoms with van der Waals surface area (Å²) in [5, 5.41) is 15.4. The first-order valence-corrected chi connectivity index (χ1v) is 8.15. The van der Waals surface area contributed by atoms with Crippen LogP contribution in [-0.2, 0) is 11.0 Å². The van der Waals surface area contributed by atoms with Crippen molar-refractivity contribution in [3.63, 3.8) is 0 Å². The highest BCUT2D eigenvalue weighted by Gasteiger charge is 2.29. The predicted molar refractivity (Wildman–Crippen MR) is 97.4 cm³/mol. The number of rotatable bonds is 5. The van der Waals surface area contributed by atoms with Crippen molar-refractivity contribution in [1.29, 1.82) is 0 Å². The summed E-state index contributed by atoms with van der Waals surface area (Å²) in [5.74, 6) is -1.98. The van der Waals surface area contributed by atoms with Crippen molar-refractivity contribution in [2.75, 3.05) is 11.9 Å². The first kappa shape index (κ1) is 21.0. The third-order valence-electron chi connectivity index (χ3n) is 3.35. The normalized spacial score (nSPS) is 10.7. The minimum atomic E-state index is -4.44. The highest BCUT2D eigenvalue weighted by atomic mass is 32.1. The molecule has 0 aliphatic rings. The molecule has 0 bridgehead atoms. The van der Waals surface area contributed by atoms with Gasteiger partial charge < -0.3 is 20.5 Å². The summed E-state index contributed by atoms with van der Waals surface area (Å²) in [6, 6.07) is 10.6. The third kappa shape index (κ3) is 6.13. The number of halogens is 3. The van der Waals surface area contributed by atoms with Crippen molar-refractivity contribution in [3.05, 3.63) is 59.7 Å². The Labute approximate surface area is 162 Å².